The molecule has 2 amide bonds. The molecule has 2 aliphatic heterocycles. The van der Waals surface area contributed by atoms with Crippen LogP contribution in [0.3, 0.4) is 0 Å². The van der Waals surface area contributed by atoms with Crippen molar-refractivity contribution in [1.29, 1.82) is 0 Å². The van der Waals surface area contributed by atoms with Gasteiger partial charge < -0.3 is 25.4 Å². The van der Waals surface area contributed by atoms with Gasteiger partial charge in [-0.15, -0.1) is 0 Å². The van der Waals surface area contributed by atoms with Gasteiger partial charge in [-0.05, 0) is 55.9 Å². The van der Waals surface area contributed by atoms with Crippen LogP contribution in [0.1, 0.15) is 65.5 Å². The molecule has 0 radical (unpaired) electrons. The molecule has 2 aromatic carbocycles. The van der Waals surface area contributed by atoms with E-state index < -0.39 is 5.82 Å². The van der Waals surface area contributed by atoms with Crippen LogP contribution in [-0.4, -0.2) is 69.3 Å². The smallest absolute Gasteiger partial charge is 0.273 e. The van der Waals surface area contributed by atoms with Crippen molar-refractivity contribution in [1.82, 2.24) is 19.5 Å². The lowest BCUT2D eigenvalue weighted by atomic mass is 9.93. The van der Waals surface area contributed by atoms with Crippen molar-refractivity contribution in [2.45, 2.75) is 44.6 Å². The summed E-state index contributed by atoms with van der Waals surface area (Å²) in [5.74, 6) is -0.894. The first-order chi connectivity index (χ1) is 21.3. The molecule has 228 valence electrons. The van der Waals surface area contributed by atoms with Gasteiger partial charge in [0, 0.05) is 49.1 Å². The third kappa shape index (κ3) is 5.04. The summed E-state index contributed by atoms with van der Waals surface area (Å²) < 4.78 is 23.5. The molecule has 0 spiro atoms. The molecular weight excluding hydrogens is 563 g/mol. The Morgan fingerprint density at radius 3 is 2.68 bits per heavy atom. The number of halogens is 1. The Morgan fingerprint density at radius 2 is 1.93 bits per heavy atom. The minimum atomic E-state index is -0.550. The number of carbonyl (C=O) groups excluding carboxylic acids is 2. The van der Waals surface area contributed by atoms with Gasteiger partial charge in [-0.25, -0.2) is 13.9 Å². The molecule has 2 atom stereocenters. The number of aliphatic hydroxyl groups is 1. The normalized spacial score (nSPS) is 19.8. The van der Waals surface area contributed by atoms with Gasteiger partial charge in [0.25, 0.3) is 5.91 Å². The van der Waals surface area contributed by atoms with Crippen LogP contribution in [0.4, 0.5) is 10.1 Å². The van der Waals surface area contributed by atoms with Crippen molar-refractivity contribution in [3.05, 3.63) is 76.9 Å². The molecule has 3 aliphatic rings. The molecule has 1 saturated carbocycles. The third-order valence-corrected chi connectivity index (χ3v) is 9.12. The van der Waals surface area contributed by atoms with Crippen LogP contribution in [0.2, 0.25) is 0 Å². The topological polar surface area (TPSA) is 126 Å². The van der Waals surface area contributed by atoms with Crippen molar-refractivity contribution in [2.75, 3.05) is 37.7 Å². The first-order valence-electron chi connectivity index (χ1n) is 15.2. The Balaban J connectivity index is 1.26. The van der Waals surface area contributed by atoms with Gasteiger partial charge in [0.15, 0.2) is 5.65 Å². The van der Waals surface area contributed by atoms with Crippen molar-refractivity contribution >= 4 is 23.1 Å². The highest BCUT2D eigenvalue weighted by Crippen LogP contribution is 2.42. The van der Waals surface area contributed by atoms with E-state index in [2.05, 4.69) is 12.1 Å². The van der Waals surface area contributed by atoms with E-state index in [1.54, 1.807) is 16.6 Å². The van der Waals surface area contributed by atoms with Crippen molar-refractivity contribution in [2.24, 2.45) is 11.7 Å². The molecule has 7 rings (SSSR count). The van der Waals surface area contributed by atoms with E-state index in [1.165, 1.54) is 11.6 Å². The van der Waals surface area contributed by atoms with E-state index in [4.69, 9.17) is 20.6 Å². The second-order valence-electron chi connectivity index (χ2n) is 12.0. The molecular formula is C33H35FN6O4. The van der Waals surface area contributed by atoms with Crippen LogP contribution < -0.4 is 15.4 Å². The maximum Gasteiger partial charge on any atom is 0.273 e. The Bertz CT molecular complexity index is 1770. The second-order valence-corrected chi connectivity index (χ2v) is 12.0. The number of anilines is 1. The maximum atomic E-state index is 16.0. The molecule has 44 heavy (non-hydrogen) atoms. The monoisotopic (exact) mass is 598 g/mol. The van der Waals surface area contributed by atoms with Crippen LogP contribution in [0.15, 0.2) is 48.5 Å². The molecule has 3 N–H and O–H groups in total. The van der Waals surface area contributed by atoms with Crippen LogP contribution in [-0.2, 0) is 11.2 Å². The van der Waals surface area contributed by atoms with Gasteiger partial charge >= 0.3 is 0 Å². The number of ether oxygens (including phenoxy) is 1. The molecule has 4 aromatic rings. The van der Waals surface area contributed by atoms with E-state index in [0.29, 0.717) is 48.8 Å². The highest BCUT2D eigenvalue weighted by Gasteiger charge is 2.33. The summed E-state index contributed by atoms with van der Waals surface area (Å²) in [6.45, 7) is 3.33. The fourth-order valence-electron chi connectivity index (χ4n) is 6.59. The Morgan fingerprint density at radius 1 is 1.11 bits per heavy atom. The quantitative estimate of drug-likeness (QED) is 0.316. The number of benzene rings is 2. The molecule has 2 fully saturated rings. The molecule has 10 nitrogen and oxygen atoms in total. The Hall–Kier alpha value is -4.51. The maximum absolute atomic E-state index is 16.0. The second kappa shape index (κ2) is 11.2. The van der Waals surface area contributed by atoms with Crippen LogP contribution in [0.5, 0.6) is 5.75 Å². The fourth-order valence-corrected chi connectivity index (χ4v) is 6.59. The van der Waals surface area contributed by atoms with Gasteiger partial charge in [-0.1, -0.05) is 24.3 Å². The molecule has 2 aromatic heterocycles. The summed E-state index contributed by atoms with van der Waals surface area (Å²) in [5.41, 5.74) is 10.6. The highest BCUT2D eigenvalue weighted by atomic mass is 19.1. The van der Waals surface area contributed by atoms with Crippen molar-refractivity contribution < 1.29 is 23.8 Å². The number of rotatable bonds is 8. The zero-order chi connectivity index (χ0) is 30.5. The van der Waals surface area contributed by atoms with E-state index in [0.717, 1.165) is 30.5 Å². The average Bonchev–Trinajstić information content (AvgIpc) is 3.57. The standard InChI is InChI=1S/C33H35FN6O4/c1-19-24-5-3-2-4-20(24)9-11-39(19)33(43)27-16-28(21-6-7-21)40-30(36-27)17-26(37-40)31-25(34)14-23(15-29(31)44-13-12-41)38-10-8-22(18-38)32(35)42/h2-5,14-17,19,21-22,41H,6-13,18H2,1H3,(H2,35,42)/t19-,22+/m1/s1. The zero-order valence-electron chi connectivity index (χ0n) is 24.6. The van der Waals surface area contributed by atoms with Gasteiger partial charge in [-0.3, -0.25) is 9.59 Å². The number of primary amides is 1. The third-order valence-electron chi connectivity index (χ3n) is 9.12. The number of hydrogen-bond acceptors (Lipinski definition) is 7. The van der Waals surface area contributed by atoms with E-state index in [9.17, 15) is 14.7 Å². The van der Waals surface area contributed by atoms with Crippen LogP contribution in [0, 0.1) is 11.7 Å². The number of amides is 2. The van der Waals surface area contributed by atoms with E-state index in [1.807, 2.05) is 34.9 Å². The summed E-state index contributed by atoms with van der Waals surface area (Å²) in [4.78, 5) is 34.1. The largest absolute Gasteiger partial charge is 0.490 e. The molecule has 1 saturated heterocycles. The molecule has 11 heteroatoms. The molecule has 1 aliphatic carbocycles. The number of aromatic nitrogens is 3. The minimum absolute atomic E-state index is 0.0332. The number of nitrogens with two attached hydrogens (primary N) is 1. The number of aliphatic hydroxyl groups excluding tert-OH is 1. The Kier molecular flexibility index (Phi) is 7.20. The molecule has 0 unspecified atom stereocenters. The fraction of sp³-hybridized carbons (Fsp3) is 0.394. The van der Waals surface area contributed by atoms with Crippen molar-refractivity contribution in [3.63, 3.8) is 0 Å². The van der Waals surface area contributed by atoms with E-state index >= 15 is 4.39 Å². The number of nitrogens with zero attached hydrogens (tertiary/aromatic N) is 5. The van der Waals surface area contributed by atoms with Crippen LogP contribution in [0.25, 0.3) is 16.9 Å². The lowest BCUT2D eigenvalue weighted by Gasteiger charge is -2.35. The minimum Gasteiger partial charge on any atom is -0.490 e. The first-order valence-corrected chi connectivity index (χ1v) is 15.2. The first kappa shape index (κ1) is 28.3. The number of carbonyl (C=O) groups is 2. The summed E-state index contributed by atoms with van der Waals surface area (Å²) in [6, 6.07) is 14.8. The summed E-state index contributed by atoms with van der Waals surface area (Å²) in [6.07, 6.45) is 3.33. The van der Waals surface area contributed by atoms with Gasteiger partial charge in [0.05, 0.1) is 24.1 Å². The summed E-state index contributed by atoms with van der Waals surface area (Å²) in [7, 11) is 0. The summed E-state index contributed by atoms with van der Waals surface area (Å²) >= 11 is 0. The predicted octanol–water partition coefficient (Wildman–Crippen LogP) is 3.86. The molecule has 4 heterocycles. The SMILES string of the molecule is C[C@@H]1c2ccccc2CCN1C(=O)c1cc(C2CC2)n2nc(-c3c(F)cc(N4CC[C@H](C(N)=O)C4)cc3OCCO)cc2n1. The predicted molar refractivity (Wildman–Crippen MR) is 162 cm³/mol. The average molecular weight is 599 g/mol. The molecule has 0 bridgehead atoms. The lowest BCUT2D eigenvalue weighted by Crippen LogP contribution is -2.39. The number of fused-ring (bicyclic) bond motifs is 2. The summed E-state index contributed by atoms with van der Waals surface area (Å²) in [5, 5.41) is 14.2. The highest BCUT2D eigenvalue weighted by molar-refractivity contribution is 5.93. The van der Waals surface area contributed by atoms with E-state index in [-0.39, 0.29) is 54.2 Å². The van der Waals surface area contributed by atoms with Gasteiger partial charge in [-0.2, -0.15) is 5.10 Å². The van der Waals surface area contributed by atoms with Crippen LogP contribution >= 0.6 is 0 Å². The van der Waals surface area contributed by atoms with Gasteiger partial charge in [0.2, 0.25) is 5.91 Å². The lowest BCUT2D eigenvalue weighted by molar-refractivity contribution is -0.121. The Labute approximate surface area is 254 Å². The van der Waals surface area contributed by atoms with Crippen molar-refractivity contribution in [3.8, 4) is 17.0 Å². The van der Waals surface area contributed by atoms with Gasteiger partial charge in [0.1, 0.15) is 29.6 Å². The number of hydrogen-bond donors (Lipinski definition) is 2. The zero-order valence-corrected chi connectivity index (χ0v) is 24.6.